The van der Waals surface area contributed by atoms with E-state index in [0.717, 1.165) is 38.5 Å². The fraction of sp³-hybridized carbons (Fsp3) is 0.824. The van der Waals surface area contributed by atoms with E-state index >= 15 is 0 Å². The second kappa shape index (κ2) is 14.1. The van der Waals surface area contributed by atoms with Crippen molar-refractivity contribution in [1.29, 1.82) is 0 Å². The van der Waals surface area contributed by atoms with Crippen LogP contribution in [0.5, 0.6) is 0 Å². The van der Waals surface area contributed by atoms with Gasteiger partial charge in [-0.1, -0.05) is 51.7 Å². The summed E-state index contributed by atoms with van der Waals surface area (Å²) in [5.74, 6) is -0.260. The van der Waals surface area contributed by atoms with Crippen molar-refractivity contribution in [2.75, 3.05) is 13.2 Å². The molecule has 4 heteroatoms. The van der Waals surface area contributed by atoms with Crippen LogP contribution in [0.15, 0.2) is 12.2 Å². The highest BCUT2D eigenvalue weighted by atomic mass is 16.5. The van der Waals surface area contributed by atoms with Gasteiger partial charge in [0, 0.05) is 6.61 Å². The highest BCUT2D eigenvalue weighted by Crippen LogP contribution is 2.08. The Balaban J connectivity index is 4.25. The molecule has 4 nitrogen and oxygen atoms in total. The molecule has 124 valence electrons. The minimum Gasteiger partial charge on any atom is -0.466 e. The Kier molecular flexibility index (Phi) is 13.5. The van der Waals surface area contributed by atoms with Crippen molar-refractivity contribution >= 4 is 5.97 Å². The first-order valence-electron chi connectivity index (χ1n) is 8.27. The molecule has 0 bridgehead atoms. The van der Waals surface area contributed by atoms with Gasteiger partial charge >= 0.3 is 5.97 Å². The van der Waals surface area contributed by atoms with Crippen molar-refractivity contribution in [3.05, 3.63) is 12.2 Å². The largest absolute Gasteiger partial charge is 0.466 e. The summed E-state index contributed by atoms with van der Waals surface area (Å²) in [6.07, 6.45) is 9.03. The Labute approximate surface area is 129 Å². The number of carbonyl (C=O) groups is 1. The summed E-state index contributed by atoms with van der Waals surface area (Å²) in [4.78, 5) is 11.5. The molecule has 0 aromatic heterocycles. The van der Waals surface area contributed by atoms with Crippen LogP contribution in [-0.4, -0.2) is 36.5 Å². The van der Waals surface area contributed by atoms with Gasteiger partial charge in [-0.15, -0.1) is 0 Å². The monoisotopic (exact) mass is 300 g/mol. The zero-order chi connectivity index (χ0) is 15.9. The second-order valence-corrected chi connectivity index (χ2v) is 5.22. The molecular formula is C17H32O4. The summed E-state index contributed by atoms with van der Waals surface area (Å²) < 4.78 is 10.6. The average molecular weight is 300 g/mol. The first-order valence-corrected chi connectivity index (χ1v) is 8.27. The third kappa shape index (κ3) is 12.6. The number of aliphatic hydroxyl groups excluding tert-OH is 1. The molecule has 0 saturated heterocycles. The van der Waals surface area contributed by atoms with Crippen LogP contribution in [0, 0.1) is 0 Å². The Bertz CT molecular complexity index is 276. The molecular weight excluding hydrogens is 268 g/mol. The molecule has 0 aliphatic carbocycles. The van der Waals surface area contributed by atoms with Crippen LogP contribution < -0.4 is 0 Å². The zero-order valence-electron chi connectivity index (χ0n) is 13.8. The minimum atomic E-state index is -0.462. The fourth-order valence-corrected chi connectivity index (χ4v) is 1.90. The maximum Gasteiger partial charge on any atom is 0.308 e. The van der Waals surface area contributed by atoms with Gasteiger partial charge in [0.15, 0.2) is 0 Å². The Morgan fingerprint density at radius 1 is 1.10 bits per heavy atom. The molecule has 0 amide bonds. The molecule has 0 fully saturated rings. The van der Waals surface area contributed by atoms with Gasteiger partial charge in [0.1, 0.15) is 0 Å². The second-order valence-electron chi connectivity index (χ2n) is 5.22. The number of carbonyl (C=O) groups excluding carboxylic acids is 1. The molecule has 0 heterocycles. The van der Waals surface area contributed by atoms with E-state index in [4.69, 9.17) is 9.47 Å². The fourth-order valence-electron chi connectivity index (χ4n) is 1.90. The summed E-state index contributed by atoms with van der Waals surface area (Å²) in [5.41, 5.74) is 0. The van der Waals surface area contributed by atoms with E-state index in [1.54, 1.807) is 19.1 Å². The average Bonchev–Trinajstić information content (AvgIpc) is 2.45. The van der Waals surface area contributed by atoms with E-state index in [1.807, 2.05) is 0 Å². The number of ether oxygens (including phenoxy) is 2. The zero-order valence-corrected chi connectivity index (χ0v) is 13.8. The summed E-state index contributed by atoms with van der Waals surface area (Å²) in [6.45, 7) is 7.02. The van der Waals surface area contributed by atoms with Gasteiger partial charge in [0.2, 0.25) is 0 Å². The molecule has 0 aliphatic rings. The van der Waals surface area contributed by atoms with E-state index in [9.17, 15) is 9.90 Å². The molecule has 0 unspecified atom stereocenters. The third-order valence-corrected chi connectivity index (χ3v) is 3.15. The Morgan fingerprint density at radius 3 is 2.43 bits per heavy atom. The number of unbranched alkanes of at least 4 members (excludes halogenated alkanes) is 3. The quantitative estimate of drug-likeness (QED) is 0.321. The van der Waals surface area contributed by atoms with E-state index in [1.165, 1.54) is 0 Å². The van der Waals surface area contributed by atoms with Crippen LogP contribution in [-0.2, 0) is 14.3 Å². The topological polar surface area (TPSA) is 55.8 Å². The lowest BCUT2D eigenvalue weighted by Crippen LogP contribution is -2.19. The Morgan fingerprint density at radius 2 is 1.81 bits per heavy atom. The molecule has 0 radical (unpaired) electrons. The molecule has 2 atom stereocenters. The van der Waals surface area contributed by atoms with E-state index < -0.39 is 6.10 Å². The SMILES string of the molecule is CCCCC[C@H](O)/C=C\[C@@H](CC(=O)OCC)OCCCC. The van der Waals surface area contributed by atoms with Gasteiger partial charge in [-0.25, -0.2) is 0 Å². The van der Waals surface area contributed by atoms with E-state index in [-0.39, 0.29) is 18.5 Å². The van der Waals surface area contributed by atoms with Gasteiger partial charge in [0.25, 0.3) is 0 Å². The normalized spacial score (nSPS) is 14.3. The summed E-state index contributed by atoms with van der Waals surface area (Å²) in [6, 6.07) is 0. The van der Waals surface area contributed by atoms with Gasteiger partial charge in [-0.05, 0) is 19.8 Å². The van der Waals surface area contributed by atoms with Crippen LogP contribution in [0.2, 0.25) is 0 Å². The molecule has 0 aromatic rings. The summed E-state index contributed by atoms with van der Waals surface area (Å²) in [7, 11) is 0. The van der Waals surface area contributed by atoms with Gasteiger partial charge in [-0.2, -0.15) is 0 Å². The number of hydrogen-bond donors (Lipinski definition) is 1. The van der Waals surface area contributed by atoms with Crippen molar-refractivity contribution in [3.8, 4) is 0 Å². The van der Waals surface area contributed by atoms with Crippen LogP contribution in [0.25, 0.3) is 0 Å². The molecule has 0 rings (SSSR count). The number of hydrogen-bond acceptors (Lipinski definition) is 4. The van der Waals surface area contributed by atoms with Crippen LogP contribution in [0.3, 0.4) is 0 Å². The smallest absolute Gasteiger partial charge is 0.308 e. The number of esters is 1. The van der Waals surface area contributed by atoms with Gasteiger partial charge in [0.05, 0.1) is 25.2 Å². The highest BCUT2D eigenvalue weighted by Gasteiger charge is 2.13. The number of aliphatic hydroxyl groups is 1. The standard InChI is InChI=1S/C17H32O4/c1-4-7-9-10-15(18)11-12-16(21-13-8-5-2)14-17(19)20-6-3/h11-12,15-16,18H,4-10,13-14H2,1-3H3/b12-11-/t15-,16-/m0/s1. The predicted octanol–water partition coefficient (Wildman–Crippen LogP) is 3.62. The molecule has 0 aliphatic heterocycles. The Hall–Kier alpha value is -0.870. The van der Waals surface area contributed by atoms with Crippen molar-refractivity contribution in [1.82, 2.24) is 0 Å². The highest BCUT2D eigenvalue weighted by molar-refractivity contribution is 5.70. The third-order valence-electron chi connectivity index (χ3n) is 3.15. The van der Waals surface area contributed by atoms with Gasteiger partial charge in [-0.3, -0.25) is 4.79 Å². The maximum atomic E-state index is 11.5. The maximum absolute atomic E-state index is 11.5. The van der Waals surface area contributed by atoms with Crippen LogP contribution >= 0.6 is 0 Å². The van der Waals surface area contributed by atoms with Crippen molar-refractivity contribution < 1.29 is 19.4 Å². The lowest BCUT2D eigenvalue weighted by Gasteiger charge is -2.14. The first-order chi connectivity index (χ1) is 10.1. The number of rotatable bonds is 13. The van der Waals surface area contributed by atoms with Crippen LogP contribution in [0.4, 0.5) is 0 Å². The van der Waals surface area contributed by atoms with E-state index in [2.05, 4.69) is 13.8 Å². The van der Waals surface area contributed by atoms with E-state index in [0.29, 0.717) is 13.2 Å². The first kappa shape index (κ1) is 20.1. The lowest BCUT2D eigenvalue weighted by molar-refractivity contribution is -0.145. The van der Waals surface area contributed by atoms with Crippen molar-refractivity contribution in [2.45, 2.75) is 77.9 Å². The summed E-state index contributed by atoms with van der Waals surface area (Å²) in [5, 5.41) is 9.88. The molecule has 1 N–H and O–H groups in total. The van der Waals surface area contributed by atoms with Crippen molar-refractivity contribution in [3.63, 3.8) is 0 Å². The van der Waals surface area contributed by atoms with Gasteiger partial charge < -0.3 is 14.6 Å². The molecule has 0 spiro atoms. The summed E-state index contributed by atoms with van der Waals surface area (Å²) >= 11 is 0. The molecule has 0 aromatic carbocycles. The van der Waals surface area contributed by atoms with Crippen molar-refractivity contribution in [2.24, 2.45) is 0 Å². The van der Waals surface area contributed by atoms with Crippen LogP contribution in [0.1, 0.15) is 65.7 Å². The molecule has 0 saturated carbocycles. The predicted molar refractivity (Wildman–Crippen MR) is 85.2 cm³/mol. The minimum absolute atomic E-state index is 0.204. The molecule has 21 heavy (non-hydrogen) atoms. The lowest BCUT2D eigenvalue weighted by atomic mass is 10.1.